The van der Waals surface area contributed by atoms with Crippen molar-refractivity contribution < 1.29 is 29.7 Å². The lowest BCUT2D eigenvalue weighted by Gasteiger charge is -2.24. The zero-order valence-corrected chi connectivity index (χ0v) is 16.4. The number of hydrogen-bond donors (Lipinski definition) is 3. The minimum atomic E-state index is -1.76. The number of carboxylic acid groups (broad SMARTS) is 2. The SMILES string of the molecule is O=C(O)c1ccccc1-c1ccnc(C(=O)N(Cc2ccccc2)C[C@@H](O)C(=O)O)c1. The zero-order valence-electron chi connectivity index (χ0n) is 16.4. The van der Waals surface area contributed by atoms with Crippen LogP contribution >= 0.6 is 0 Å². The largest absolute Gasteiger partial charge is 0.479 e. The second-order valence-corrected chi connectivity index (χ2v) is 6.81. The maximum Gasteiger partial charge on any atom is 0.336 e. The number of aliphatic hydroxyl groups is 1. The van der Waals surface area contributed by atoms with Crippen LogP contribution in [0.15, 0.2) is 72.9 Å². The number of pyridine rings is 1. The van der Waals surface area contributed by atoms with Gasteiger partial charge in [-0.3, -0.25) is 9.78 Å². The minimum absolute atomic E-state index is 0.00575. The summed E-state index contributed by atoms with van der Waals surface area (Å²) >= 11 is 0. The van der Waals surface area contributed by atoms with E-state index in [0.29, 0.717) is 11.1 Å². The van der Waals surface area contributed by atoms with E-state index in [-0.39, 0.29) is 17.8 Å². The van der Waals surface area contributed by atoms with Crippen LogP contribution in [0.3, 0.4) is 0 Å². The highest BCUT2D eigenvalue weighted by atomic mass is 16.4. The molecule has 2 aromatic carbocycles. The highest BCUT2D eigenvalue weighted by Crippen LogP contribution is 2.24. The molecule has 1 amide bonds. The molecule has 0 aliphatic heterocycles. The van der Waals surface area contributed by atoms with Crippen molar-refractivity contribution in [3.05, 3.63) is 89.7 Å². The van der Waals surface area contributed by atoms with E-state index >= 15 is 0 Å². The molecule has 3 rings (SSSR count). The number of nitrogens with zero attached hydrogens (tertiary/aromatic N) is 2. The smallest absolute Gasteiger partial charge is 0.336 e. The van der Waals surface area contributed by atoms with E-state index in [1.54, 1.807) is 48.5 Å². The van der Waals surface area contributed by atoms with E-state index in [9.17, 15) is 24.6 Å². The van der Waals surface area contributed by atoms with Crippen LogP contribution in [-0.4, -0.2) is 55.7 Å². The molecule has 3 N–H and O–H groups in total. The van der Waals surface area contributed by atoms with Gasteiger partial charge >= 0.3 is 11.9 Å². The number of benzene rings is 2. The van der Waals surface area contributed by atoms with Gasteiger partial charge in [0.15, 0.2) is 6.10 Å². The molecule has 0 spiro atoms. The molecule has 0 fully saturated rings. The predicted molar refractivity (Wildman–Crippen MR) is 111 cm³/mol. The quantitative estimate of drug-likeness (QED) is 0.511. The third-order valence-corrected chi connectivity index (χ3v) is 4.63. The first-order valence-electron chi connectivity index (χ1n) is 9.39. The maximum absolute atomic E-state index is 13.2. The third kappa shape index (κ3) is 5.31. The van der Waals surface area contributed by atoms with Gasteiger partial charge in [-0.1, -0.05) is 48.5 Å². The Morgan fingerprint density at radius 3 is 2.29 bits per heavy atom. The van der Waals surface area contributed by atoms with E-state index in [1.807, 2.05) is 6.07 Å². The van der Waals surface area contributed by atoms with Crippen molar-refractivity contribution in [2.45, 2.75) is 12.6 Å². The van der Waals surface area contributed by atoms with Gasteiger partial charge in [0.05, 0.1) is 12.1 Å². The average molecular weight is 420 g/mol. The zero-order chi connectivity index (χ0) is 22.4. The molecule has 8 nitrogen and oxygen atoms in total. The monoisotopic (exact) mass is 420 g/mol. The number of amides is 1. The standard InChI is InChI=1S/C23H20N2O6/c26-20(23(30)31)14-25(13-15-6-2-1-3-7-15)21(27)19-12-16(10-11-24-19)17-8-4-5-9-18(17)22(28)29/h1-12,20,26H,13-14H2,(H,28,29)(H,30,31)/t20-/m1/s1. The van der Waals surface area contributed by atoms with Gasteiger partial charge in [-0.25, -0.2) is 9.59 Å². The third-order valence-electron chi connectivity index (χ3n) is 4.63. The Kier molecular flexibility index (Phi) is 6.74. The van der Waals surface area contributed by atoms with Crippen LogP contribution < -0.4 is 0 Å². The van der Waals surface area contributed by atoms with Crippen molar-refractivity contribution in [3.8, 4) is 11.1 Å². The highest BCUT2D eigenvalue weighted by molar-refractivity contribution is 5.98. The van der Waals surface area contributed by atoms with Crippen LogP contribution in [0, 0.1) is 0 Å². The Labute approximate surface area is 178 Å². The summed E-state index contributed by atoms with van der Waals surface area (Å²) in [6, 6.07) is 18.4. The van der Waals surface area contributed by atoms with E-state index in [2.05, 4.69) is 4.98 Å². The van der Waals surface area contributed by atoms with Crippen LogP contribution in [0.2, 0.25) is 0 Å². The Hall–Kier alpha value is -4.04. The number of aromatic nitrogens is 1. The molecule has 0 saturated heterocycles. The molecular weight excluding hydrogens is 400 g/mol. The van der Waals surface area contributed by atoms with Gasteiger partial charge in [-0.2, -0.15) is 0 Å². The molecule has 0 aliphatic rings. The minimum Gasteiger partial charge on any atom is -0.479 e. The fraction of sp³-hybridized carbons (Fsp3) is 0.130. The first-order valence-corrected chi connectivity index (χ1v) is 9.39. The first-order chi connectivity index (χ1) is 14.9. The van der Waals surface area contributed by atoms with Gasteiger partial charge in [0.2, 0.25) is 0 Å². The topological polar surface area (TPSA) is 128 Å². The number of rotatable bonds is 8. The van der Waals surface area contributed by atoms with Crippen molar-refractivity contribution in [2.24, 2.45) is 0 Å². The summed E-state index contributed by atoms with van der Waals surface area (Å²) in [5.74, 6) is -3.13. The molecule has 31 heavy (non-hydrogen) atoms. The van der Waals surface area contributed by atoms with Crippen LogP contribution in [0.5, 0.6) is 0 Å². The Balaban J connectivity index is 1.95. The first kappa shape index (κ1) is 21.7. The molecule has 1 atom stereocenters. The van der Waals surface area contributed by atoms with Gasteiger partial charge in [0, 0.05) is 12.7 Å². The second kappa shape index (κ2) is 9.64. The van der Waals surface area contributed by atoms with Crippen molar-refractivity contribution in [1.82, 2.24) is 9.88 Å². The maximum atomic E-state index is 13.2. The molecule has 0 unspecified atom stereocenters. The lowest BCUT2D eigenvalue weighted by atomic mass is 10.00. The molecule has 8 heteroatoms. The molecular formula is C23H20N2O6. The normalized spacial score (nSPS) is 11.5. The van der Waals surface area contributed by atoms with Gasteiger partial charge in [-0.15, -0.1) is 0 Å². The number of aliphatic hydroxyl groups excluding tert-OH is 1. The van der Waals surface area contributed by atoms with Crippen molar-refractivity contribution in [1.29, 1.82) is 0 Å². The van der Waals surface area contributed by atoms with Gasteiger partial charge < -0.3 is 20.2 Å². The van der Waals surface area contributed by atoms with E-state index < -0.39 is 30.5 Å². The molecule has 1 aromatic heterocycles. The van der Waals surface area contributed by atoms with Gasteiger partial charge in [-0.05, 0) is 34.9 Å². The van der Waals surface area contributed by atoms with Crippen molar-refractivity contribution in [2.75, 3.05) is 6.54 Å². The van der Waals surface area contributed by atoms with Crippen LogP contribution in [-0.2, 0) is 11.3 Å². The molecule has 3 aromatic rings. The van der Waals surface area contributed by atoms with E-state index in [4.69, 9.17) is 5.11 Å². The number of carbonyl (C=O) groups excluding carboxylic acids is 1. The summed E-state index contributed by atoms with van der Waals surface area (Å²) in [5, 5.41) is 28.3. The van der Waals surface area contributed by atoms with Gasteiger partial charge in [0.25, 0.3) is 5.91 Å². The number of carbonyl (C=O) groups is 3. The predicted octanol–water partition coefficient (Wildman–Crippen LogP) is 2.53. The molecule has 0 bridgehead atoms. The summed E-state index contributed by atoms with van der Waals surface area (Å²) in [7, 11) is 0. The summed E-state index contributed by atoms with van der Waals surface area (Å²) in [6.07, 6.45) is -0.376. The Bertz CT molecular complexity index is 1100. The number of hydrogen-bond acceptors (Lipinski definition) is 5. The number of aromatic carboxylic acids is 1. The van der Waals surface area contributed by atoms with Gasteiger partial charge in [0.1, 0.15) is 5.69 Å². The second-order valence-electron chi connectivity index (χ2n) is 6.81. The molecule has 0 radical (unpaired) electrons. The molecule has 0 aliphatic carbocycles. The summed E-state index contributed by atoms with van der Waals surface area (Å²) in [4.78, 5) is 41.1. The lowest BCUT2D eigenvalue weighted by molar-refractivity contribution is -0.147. The molecule has 0 saturated carbocycles. The summed E-state index contributed by atoms with van der Waals surface area (Å²) in [5.41, 5.74) is 1.74. The van der Waals surface area contributed by atoms with Crippen LogP contribution in [0.4, 0.5) is 0 Å². The number of carboxylic acids is 2. The Morgan fingerprint density at radius 2 is 1.61 bits per heavy atom. The van der Waals surface area contributed by atoms with Crippen molar-refractivity contribution in [3.63, 3.8) is 0 Å². The fourth-order valence-corrected chi connectivity index (χ4v) is 3.11. The summed E-state index contributed by atoms with van der Waals surface area (Å²) < 4.78 is 0. The number of aliphatic carboxylic acids is 1. The lowest BCUT2D eigenvalue weighted by Crippen LogP contribution is -2.40. The van der Waals surface area contributed by atoms with Crippen LogP contribution in [0.1, 0.15) is 26.4 Å². The average Bonchev–Trinajstić information content (AvgIpc) is 2.78. The molecule has 1 heterocycles. The summed E-state index contributed by atoms with van der Waals surface area (Å²) in [6.45, 7) is -0.359. The Morgan fingerprint density at radius 1 is 0.935 bits per heavy atom. The highest BCUT2D eigenvalue weighted by Gasteiger charge is 2.24. The van der Waals surface area contributed by atoms with Crippen molar-refractivity contribution >= 4 is 17.8 Å². The molecule has 158 valence electrons. The van der Waals surface area contributed by atoms with Crippen LogP contribution in [0.25, 0.3) is 11.1 Å². The van der Waals surface area contributed by atoms with E-state index in [0.717, 1.165) is 5.56 Å². The van der Waals surface area contributed by atoms with E-state index in [1.165, 1.54) is 23.2 Å². The fourth-order valence-electron chi connectivity index (χ4n) is 3.11.